The van der Waals surface area contributed by atoms with Crippen LogP contribution in [0.1, 0.15) is 23.5 Å². The van der Waals surface area contributed by atoms with E-state index in [1.807, 2.05) is 38.1 Å². The maximum atomic E-state index is 13.8. The average Bonchev–Trinajstić information content (AvgIpc) is 3.03. The number of hydrogen-bond donors (Lipinski definition) is 1. The lowest BCUT2D eigenvalue weighted by Crippen LogP contribution is -2.05. The molecule has 6 heteroatoms. The zero-order chi connectivity index (χ0) is 19.6. The molecular formula is C21H16FNO3S. The lowest BCUT2D eigenvalue weighted by molar-refractivity contribution is 0.0697. The number of nitrogens with zero attached hydrogens (tertiary/aromatic N) is 1. The van der Waals surface area contributed by atoms with Gasteiger partial charge < -0.3 is 9.84 Å². The fourth-order valence-corrected chi connectivity index (χ4v) is 3.53. The van der Waals surface area contributed by atoms with Crippen LogP contribution in [-0.4, -0.2) is 17.2 Å². The Balaban J connectivity index is 1.97. The third-order valence-corrected chi connectivity index (χ3v) is 4.97. The van der Waals surface area contributed by atoms with Crippen molar-refractivity contribution in [1.29, 1.82) is 0 Å². The molecule has 0 atom stereocenters. The lowest BCUT2D eigenvalue weighted by atomic mass is 10.0. The van der Waals surface area contributed by atoms with Gasteiger partial charge in [0.15, 0.2) is 5.69 Å². The van der Waals surface area contributed by atoms with Crippen molar-refractivity contribution in [2.75, 3.05) is 0 Å². The lowest BCUT2D eigenvalue weighted by Gasteiger charge is -2.11. The van der Waals surface area contributed by atoms with Crippen molar-refractivity contribution >= 4 is 23.0 Å². The van der Waals surface area contributed by atoms with Crippen LogP contribution in [0.25, 0.3) is 26.4 Å². The van der Waals surface area contributed by atoms with E-state index in [4.69, 9.17) is 16.4 Å². The number of ether oxygens (including phenoxy) is 1. The quantitative estimate of drug-likeness (QED) is 0.531. The summed E-state index contributed by atoms with van der Waals surface area (Å²) in [5.74, 6) is -1.31. The summed E-state index contributed by atoms with van der Waals surface area (Å²) in [6.07, 6.45) is 0.0795. The third-order valence-electron chi connectivity index (χ3n) is 3.82. The maximum absolute atomic E-state index is 13.8. The molecule has 27 heavy (non-hydrogen) atoms. The molecule has 0 saturated carbocycles. The second-order valence-electron chi connectivity index (χ2n) is 6.13. The van der Waals surface area contributed by atoms with E-state index in [1.54, 1.807) is 18.2 Å². The van der Waals surface area contributed by atoms with E-state index in [9.17, 15) is 9.18 Å². The van der Waals surface area contributed by atoms with E-state index in [0.717, 1.165) is 28.2 Å². The van der Waals surface area contributed by atoms with E-state index in [-0.39, 0.29) is 11.0 Å². The molecule has 4 nitrogen and oxygen atoms in total. The molecule has 0 aliphatic heterocycles. The number of rotatable bonds is 5. The molecule has 0 aliphatic carbocycles. The first kappa shape index (κ1) is 18.6. The van der Waals surface area contributed by atoms with Crippen LogP contribution in [0.3, 0.4) is 0 Å². The number of carboxylic acids is 1. The summed E-state index contributed by atoms with van der Waals surface area (Å²) in [5.41, 5.74) is 2.64. The molecule has 0 spiro atoms. The molecule has 0 bridgehead atoms. The second-order valence-corrected chi connectivity index (χ2v) is 7.18. The zero-order valence-corrected chi connectivity index (χ0v) is 15.5. The standard InChI is InChI=1S/C21H16FNO3S/c1-12(2)26-15-7-4-13(5-8-15)16-9-6-14(10-18(16)23-3)19-11-17(22)20(27-19)21(24)25/h4-12H,1-2H3,(H,24,25). The van der Waals surface area contributed by atoms with E-state index < -0.39 is 11.8 Å². The minimum Gasteiger partial charge on any atom is -0.491 e. The van der Waals surface area contributed by atoms with Gasteiger partial charge in [-0.25, -0.2) is 14.0 Å². The van der Waals surface area contributed by atoms with Crippen LogP contribution < -0.4 is 4.74 Å². The highest BCUT2D eigenvalue weighted by Crippen LogP contribution is 2.38. The molecule has 0 amide bonds. The predicted octanol–water partition coefficient (Wildman–Crippen LogP) is 6.26. The molecule has 0 fully saturated rings. The van der Waals surface area contributed by atoms with E-state index >= 15 is 0 Å². The molecule has 1 heterocycles. The molecule has 3 aromatic rings. The largest absolute Gasteiger partial charge is 0.491 e. The Labute approximate surface area is 160 Å². The van der Waals surface area contributed by atoms with Gasteiger partial charge in [0.2, 0.25) is 0 Å². The van der Waals surface area contributed by atoms with Gasteiger partial charge in [0.05, 0.1) is 12.7 Å². The number of halogens is 1. The first-order chi connectivity index (χ1) is 12.9. The van der Waals surface area contributed by atoms with Crippen molar-refractivity contribution in [2.45, 2.75) is 20.0 Å². The first-order valence-electron chi connectivity index (χ1n) is 8.20. The van der Waals surface area contributed by atoms with Crippen molar-refractivity contribution in [2.24, 2.45) is 0 Å². The van der Waals surface area contributed by atoms with Gasteiger partial charge in [-0.15, -0.1) is 11.3 Å². The molecule has 0 saturated heterocycles. The zero-order valence-electron chi connectivity index (χ0n) is 14.7. The number of thiophene rings is 1. The van der Waals surface area contributed by atoms with Crippen molar-refractivity contribution in [3.63, 3.8) is 0 Å². The highest BCUT2D eigenvalue weighted by molar-refractivity contribution is 7.17. The minimum atomic E-state index is -1.30. The highest BCUT2D eigenvalue weighted by atomic mass is 32.1. The summed E-state index contributed by atoms with van der Waals surface area (Å²) in [7, 11) is 0. The Hall–Kier alpha value is -3.17. The van der Waals surface area contributed by atoms with Crippen molar-refractivity contribution < 1.29 is 19.0 Å². The van der Waals surface area contributed by atoms with Gasteiger partial charge in [0.25, 0.3) is 0 Å². The number of benzene rings is 2. The van der Waals surface area contributed by atoms with Crippen LogP contribution in [-0.2, 0) is 0 Å². The molecule has 0 aliphatic rings. The number of aromatic carboxylic acids is 1. The van der Waals surface area contributed by atoms with Gasteiger partial charge >= 0.3 is 5.97 Å². The van der Waals surface area contributed by atoms with E-state index in [2.05, 4.69) is 4.85 Å². The van der Waals surface area contributed by atoms with Gasteiger partial charge in [-0.3, -0.25) is 0 Å². The first-order valence-corrected chi connectivity index (χ1v) is 9.02. The summed E-state index contributed by atoms with van der Waals surface area (Å²) in [5, 5.41) is 9.01. The summed E-state index contributed by atoms with van der Waals surface area (Å²) in [6.45, 7) is 11.4. The fourth-order valence-electron chi connectivity index (χ4n) is 2.66. The van der Waals surface area contributed by atoms with Crippen LogP contribution in [0.2, 0.25) is 0 Å². The Morgan fingerprint density at radius 1 is 1.15 bits per heavy atom. The molecule has 136 valence electrons. The Morgan fingerprint density at radius 3 is 2.37 bits per heavy atom. The fraction of sp³-hybridized carbons (Fsp3) is 0.143. The van der Waals surface area contributed by atoms with Gasteiger partial charge in [0.1, 0.15) is 16.4 Å². The highest BCUT2D eigenvalue weighted by Gasteiger charge is 2.17. The van der Waals surface area contributed by atoms with Gasteiger partial charge in [-0.05, 0) is 54.8 Å². The van der Waals surface area contributed by atoms with Gasteiger partial charge in [-0.1, -0.05) is 24.3 Å². The second kappa shape index (κ2) is 7.60. The summed E-state index contributed by atoms with van der Waals surface area (Å²) >= 11 is 0.855. The number of carbonyl (C=O) groups is 1. The van der Waals surface area contributed by atoms with Crippen molar-refractivity contribution in [3.8, 4) is 27.3 Å². The van der Waals surface area contributed by atoms with E-state index in [0.29, 0.717) is 16.1 Å². The average molecular weight is 381 g/mol. The van der Waals surface area contributed by atoms with Crippen LogP contribution >= 0.6 is 11.3 Å². The summed E-state index contributed by atoms with van der Waals surface area (Å²) < 4.78 is 19.4. The van der Waals surface area contributed by atoms with Crippen LogP contribution in [0.15, 0.2) is 48.5 Å². The third kappa shape index (κ3) is 3.99. The van der Waals surface area contributed by atoms with E-state index in [1.165, 1.54) is 6.07 Å². The number of carboxylic acid groups (broad SMARTS) is 1. The molecule has 1 N–H and O–H groups in total. The SMILES string of the molecule is [C-]#[N+]c1cc(-c2cc(F)c(C(=O)O)s2)ccc1-c1ccc(OC(C)C)cc1. The Kier molecular flexibility index (Phi) is 5.24. The van der Waals surface area contributed by atoms with Crippen molar-refractivity contribution in [3.05, 3.63) is 70.6 Å². The molecule has 0 radical (unpaired) electrons. The molecule has 0 unspecified atom stereocenters. The van der Waals surface area contributed by atoms with Crippen LogP contribution in [0.5, 0.6) is 5.75 Å². The van der Waals surface area contributed by atoms with Gasteiger partial charge in [-0.2, -0.15) is 0 Å². The van der Waals surface area contributed by atoms with Crippen LogP contribution in [0.4, 0.5) is 10.1 Å². The summed E-state index contributed by atoms with van der Waals surface area (Å²) in [4.78, 5) is 14.8. The number of hydrogen-bond acceptors (Lipinski definition) is 3. The smallest absolute Gasteiger partial charge is 0.348 e. The van der Waals surface area contributed by atoms with Crippen molar-refractivity contribution in [1.82, 2.24) is 0 Å². The Morgan fingerprint density at radius 2 is 1.81 bits per heavy atom. The molecular weight excluding hydrogens is 365 g/mol. The maximum Gasteiger partial charge on any atom is 0.348 e. The molecule has 2 aromatic carbocycles. The van der Waals surface area contributed by atoms with Crippen LogP contribution in [0, 0.1) is 12.4 Å². The predicted molar refractivity (Wildman–Crippen MR) is 104 cm³/mol. The molecule has 3 rings (SSSR count). The minimum absolute atomic E-state index is 0.0795. The summed E-state index contributed by atoms with van der Waals surface area (Å²) in [6, 6.07) is 13.9. The van der Waals surface area contributed by atoms with Gasteiger partial charge in [0, 0.05) is 4.88 Å². The monoisotopic (exact) mass is 381 g/mol. The Bertz CT molecular complexity index is 1030. The topological polar surface area (TPSA) is 50.9 Å². The normalized spacial score (nSPS) is 10.6. The molecule has 1 aromatic heterocycles.